The third-order valence-corrected chi connectivity index (χ3v) is 4.66. The van der Waals surface area contributed by atoms with Crippen molar-refractivity contribution in [3.63, 3.8) is 0 Å². The van der Waals surface area contributed by atoms with Gasteiger partial charge in [-0.25, -0.2) is 0 Å². The van der Waals surface area contributed by atoms with Crippen molar-refractivity contribution >= 4 is 15.9 Å². The fraction of sp³-hybridized carbons (Fsp3) is 0.684. The van der Waals surface area contributed by atoms with E-state index in [-0.39, 0.29) is 0 Å². The number of hydrogen-bond acceptors (Lipinski definition) is 1. The Kier molecular flexibility index (Phi) is 10.0. The molecule has 120 valence electrons. The molecule has 0 heterocycles. The standard InChI is InChI=1S/C19H32BrN/c1-4-6-7-8-9-10-11-12-19(21-5-2)18-15-17(20)14-13-16(18)3/h13-15,19,21H,4-12H2,1-3H3. The van der Waals surface area contributed by atoms with E-state index >= 15 is 0 Å². The second kappa shape index (κ2) is 11.3. The van der Waals surface area contributed by atoms with Crippen molar-refractivity contribution in [3.05, 3.63) is 33.8 Å². The number of halogens is 1. The first kappa shape index (κ1) is 18.7. The molecule has 0 bridgehead atoms. The van der Waals surface area contributed by atoms with Gasteiger partial charge in [-0.1, -0.05) is 80.8 Å². The molecule has 1 N–H and O–H groups in total. The van der Waals surface area contributed by atoms with Gasteiger partial charge in [-0.2, -0.15) is 0 Å². The van der Waals surface area contributed by atoms with Gasteiger partial charge < -0.3 is 5.32 Å². The molecule has 0 aromatic heterocycles. The van der Waals surface area contributed by atoms with E-state index in [0.717, 1.165) is 6.54 Å². The largest absolute Gasteiger partial charge is 0.310 e. The van der Waals surface area contributed by atoms with Crippen LogP contribution < -0.4 is 5.32 Å². The molecular formula is C19H32BrN. The zero-order valence-corrected chi connectivity index (χ0v) is 15.6. The molecule has 0 fully saturated rings. The van der Waals surface area contributed by atoms with E-state index in [0.29, 0.717) is 6.04 Å². The summed E-state index contributed by atoms with van der Waals surface area (Å²) in [6.07, 6.45) is 10.9. The van der Waals surface area contributed by atoms with Crippen molar-refractivity contribution in [1.82, 2.24) is 5.32 Å². The van der Waals surface area contributed by atoms with Crippen LogP contribution in [0.5, 0.6) is 0 Å². The number of aryl methyl sites for hydroxylation is 1. The molecule has 2 heteroatoms. The average Bonchev–Trinajstić information content (AvgIpc) is 2.48. The number of unbranched alkanes of at least 4 members (excludes halogenated alkanes) is 6. The maximum Gasteiger partial charge on any atom is 0.0323 e. The maximum atomic E-state index is 3.66. The Morgan fingerprint density at radius 1 is 1.00 bits per heavy atom. The first-order chi connectivity index (χ1) is 10.2. The van der Waals surface area contributed by atoms with Gasteiger partial charge in [0.05, 0.1) is 0 Å². The van der Waals surface area contributed by atoms with Crippen LogP contribution in [-0.4, -0.2) is 6.54 Å². The Balaban J connectivity index is 2.41. The zero-order valence-electron chi connectivity index (χ0n) is 14.1. The van der Waals surface area contributed by atoms with E-state index in [1.807, 2.05) is 0 Å². The summed E-state index contributed by atoms with van der Waals surface area (Å²) in [5.74, 6) is 0. The molecule has 0 saturated heterocycles. The highest BCUT2D eigenvalue weighted by atomic mass is 79.9. The molecule has 1 aromatic rings. The molecule has 1 atom stereocenters. The van der Waals surface area contributed by atoms with Gasteiger partial charge in [-0.15, -0.1) is 0 Å². The van der Waals surface area contributed by atoms with E-state index in [1.165, 1.54) is 67.0 Å². The van der Waals surface area contributed by atoms with Crippen LogP contribution in [0.1, 0.15) is 82.4 Å². The summed E-state index contributed by atoms with van der Waals surface area (Å²) in [6, 6.07) is 7.14. The third kappa shape index (κ3) is 7.46. The molecule has 0 spiro atoms. The van der Waals surface area contributed by atoms with Crippen molar-refractivity contribution in [3.8, 4) is 0 Å². The van der Waals surface area contributed by atoms with Crippen LogP contribution in [0.4, 0.5) is 0 Å². The monoisotopic (exact) mass is 353 g/mol. The minimum Gasteiger partial charge on any atom is -0.310 e. The quantitative estimate of drug-likeness (QED) is 0.444. The summed E-state index contributed by atoms with van der Waals surface area (Å²) in [7, 11) is 0. The number of nitrogens with one attached hydrogen (secondary N) is 1. The summed E-state index contributed by atoms with van der Waals surface area (Å²) in [4.78, 5) is 0. The van der Waals surface area contributed by atoms with Crippen LogP contribution in [-0.2, 0) is 0 Å². The summed E-state index contributed by atoms with van der Waals surface area (Å²) in [5, 5.41) is 3.66. The molecule has 1 aromatic carbocycles. The Morgan fingerprint density at radius 2 is 1.67 bits per heavy atom. The lowest BCUT2D eigenvalue weighted by Crippen LogP contribution is -2.21. The van der Waals surface area contributed by atoms with Gasteiger partial charge in [-0.3, -0.25) is 0 Å². The normalized spacial score (nSPS) is 12.6. The van der Waals surface area contributed by atoms with Gasteiger partial charge in [0.2, 0.25) is 0 Å². The Morgan fingerprint density at radius 3 is 2.33 bits per heavy atom. The van der Waals surface area contributed by atoms with Gasteiger partial charge in [-0.05, 0) is 43.1 Å². The SMILES string of the molecule is CCCCCCCCCC(NCC)c1cc(Br)ccc1C. The molecule has 0 aliphatic rings. The molecule has 0 aliphatic carbocycles. The minimum atomic E-state index is 0.503. The van der Waals surface area contributed by atoms with Crippen LogP contribution in [0.3, 0.4) is 0 Å². The Labute approximate surface area is 140 Å². The lowest BCUT2D eigenvalue weighted by molar-refractivity contribution is 0.474. The highest BCUT2D eigenvalue weighted by Crippen LogP contribution is 2.26. The lowest BCUT2D eigenvalue weighted by Gasteiger charge is -2.21. The molecule has 0 radical (unpaired) electrons. The maximum absolute atomic E-state index is 3.66. The van der Waals surface area contributed by atoms with Crippen LogP contribution in [0.25, 0.3) is 0 Å². The smallest absolute Gasteiger partial charge is 0.0323 e. The van der Waals surface area contributed by atoms with Crippen molar-refractivity contribution in [2.75, 3.05) is 6.54 Å². The summed E-state index contributed by atoms with van der Waals surface area (Å²) < 4.78 is 1.19. The Bertz CT molecular complexity index is 389. The van der Waals surface area contributed by atoms with Crippen LogP contribution >= 0.6 is 15.9 Å². The van der Waals surface area contributed by atoms with E-state index in [2.05, 4.69) is 60.2 Å². The average molecular weight is 354 g/mol. The fourth-order valence-corrected chi connectivity index (χ4v) is 3.29. The molecular weight excluding hydrogens is 322 g/mol. The van der Waals surface area contributed by atoms with Crippen molar-refractivity contribution in [1.29, 1.82) is 0 Å². The molecule has 1 nitrogen and oxygen atoms in total. The highest BCUT2D eigenvalue weighted by Gasteiger charge is 2.12. The topological polar surface area (TPSA) is 12.0 Å². The second-order valence-electron chi connectivity index (χ2n) is 6.02. The van der Waals surface area contributed by atoms with Crippen molar-refractivity contribution in [2.45, 2.75) is 78.2 Å². The fourth-order valence-electron chi connectivity index (χ4n) is 2.91. The van der Waals surface area contributed by atoms with Gasteiger partial charge >= 0.3 is 0 Å². The van der Waals surface area contributed by atoms with Crippen molar-refractivity contribution < 1.29 is 0 Å². The number of rotatable bonds is 11. The molecule has 0 aliphatic heterocycles. The second-order valence-corrected chi connectivity index (χ2v) is 6.94. The van der Waals surface area contributed by atoms with Crippen LogP contribution in [0.2, 0.25) is 0 Å². The highest BCUT2D eigenvalue weighted by molar-refractivity contribution is 9.10. The predicted octanol–water partition coefficient (Wildman–Crippen LogP) is 6.55. The van der Waals surface area contributed by atoms with E-state index in [9.17, 15) is 0 Å². The van der Waals surface area contributed by atoms with Gasteiger partial charge in [0.1, 0.15) is 0 Å². The molecule has 0 amide bonds. The first-order valence-electron chi connectivity index (χ1n) is 8.68. The Hall–Kier alpha value is -0.340. The lowest BCUT2D eigenvalue weighted by atomic mass is 9.96. The van der Waals surface area contributed by atoms with E-state index in [1.54, 1.807) is 0 Å². The molecule has 21 heavy (non-hydrogen) atoms. The van der Waals surface area contributed by atoms with E-state index in [4.69, 9.17) is 0 Å². The molecule has 0 saturated carbocycles. The summed E-state index contributed by atoms with van der Waals surface area (Å²) in [5.41, 5.74) is 2.85. The van der Waals surface area contributed by atoms with Crippen LogP contribution in [0.15, 0.2) is 22.7 Å². The number of hydrogen-bond donors (Lipinski definition) is 1. The van der Waals surface area contributed by atoms with Crippen LogP contribution in [0, 0.1) is 6.92 Å². The summed E-state index contributed by atoms with van der Waals surface area (Å²) >= 11 is 3.61. The van der Waals surface area contributed by atoms with Crippen molar-refractivity contribution in [2.24, 2.45) is 0 Å². The summed E-state index contributed by atoms with van der Waals surface area (Å²) in [6.45, 7) is 7.73. The zero-order chi connectivity index (χ0) is 15.5. The number of benzene rings is 1. The predicted molar refractivity (Wildman–Crippen MR) is 97.9 cm³/mol. The molecule has 1 unspecified atom stereocenters. The molecule has 1 rings (SSSR count). The van der Waals surface area contributed by atoms with E-state index < -0.39 is 0 Å². The van der Waals surface area contributed by atoms with Gasteiger partial charge in [0.15, 0.2) is 0 Å². The van der Waals surface area contributed by atoms with Gasteiger partial charge in [0.25, 0.3) is 0 Å². The third-order valence-electron chi connectivity index (χ3n) is 4.16. The van der Waals surface area contributed by atoms with Gasteiger partial charge in [0, 0.05) is 10.5 Å². The minimum absolute atomic E-state index is 0.503. The first-order valence-corrected chi connectivity index (χ1v) is 9.47.